The molecule has 3 aromatic carbocycles. The molecule has 0 aromatic heterocycles. The lowest BCUT2D eigenvalue weighted by molar-refractivity contribution is -0.149. The van der Waals surface area contributed by atoms with Crippen molar-refractivity contribution in [3.63, 3.8) is 0 Å². The van der Waals surface area contributed by atoms with Gasteiger partial charge in [0.25, 0.3) is 5.91 Å². The fourth-order valence-corrected chi connectivity index (χ4v) is 3.30. The maximum Gasteiger partial charge on any atom is 0.355 e. The fraction of sp³-hybridized carbons (Fsp3) is 0.222. The van der Waals surface area contributed by atoms with Crippen LogP contribution in [-0.2, 0) is 11.2 Å². The third-order valence-electron chi connectivity index (χ3n) is 5.15. The van der Waals surface area contributed by atoms with Crippen LogP contribution < -0.4 is 14.8 Å². The number of esters is 1. The van der Waals surface area contributed by atoms with Crippen LogP contribution >= 0.6 is 11.6 Å². The van der Waals surface area contributed by atoms with Gasteiger partial charge in [-0.05, 0) is 87.4 Å². The second-order valence-electron chi connectivity index (χ2n) is 8.39. The van der Waals surface area contributed by atoms with E-state index in [1.54, 1.807) is 50.2 Å². The Labute approximate surface area is 208 Å². The topological polar surface area (TPSA) is 102 Å². The number of amides is 1. The third-order valence-corrected chi connectivity index (χ3v) is 5.40. The van der Waals surface area contributed by atoms with E-state index in [4.69, 9.17) is 21.1 Å². The van der Waals surface area contributed by atoms with Crippen molar-refractivity contribution < 1.29 is 29.0 Å². The van der Waals surface area contributed by atoms with Gasteiger partial charge in [-0.25, -0.2) is 4.79 Å². The molecule has 7 nitrogen and oxygen atoms in total. The fourth-order valence-electron chi connectivity index (χ4n) is 3.17. The van der Waals surface area contributed by atoms with Crippen molar-refractivity contribution in [2.24, 2.45) is 0 Å². The van der Waals surface area contributed by atoms with E-state index < -0.39 is 11.6 Å². The normalized spacial score (nSPS) is 11.0. The highest BCUT2D eigenvalue weighted by Gasteiger charge is 2.32. The highest BCUT2D eigenvalue weighted by molar-refractivity contribution is 6.30. The van der Waals surface area contributed by atoms with Crippen LogP contribution in [0.3, 0.4) is 0 Å². The number of hydrogen-bond donors (Lipinski definition) is 2. The lowest BCUT2D eigenvalue weighted by Crippen LogP contribution is -2.41. The number of hydrogen-bond acceptors (Lipinski definition) is 6. The molecule has 0 aliphatic rings. The highest BCUT2D eigenvalue weighted by atomic mass is 35.5. The van der Waals surface area contributed by atoms with Crippen molar-refractivity contribution in [2.45, 2.75) is 32.8 Å². The lowest BCUT2D eigenvalue weighted by Gasteiger charge is -2.24. The molecular formula is C27H26ClNO6. The molecule has 3 rings (SSSR count). The first kappa shape index (κ1) is 25.8. The summed E-state index contributed by atoms with van der Waals surface area (Å²) in [6.45, 7) is 4.91. The average Bonchev–Trinajstić information content (AvgIpc) is 2.81. The molecule has 3 aromatic rings. The van der Waals surface area contributed by atoms with E-state index in [2.05, 4.69) is 5.32 Å². The average molecular weight is 496 g/mol. The van der Waals surface area contributed by atoms with E-state index in [1.165, 1.54) is 25.1 Å². The minimum atomic E-state index is -1.32. The molecule has 1 amide bonds. The van der Waals surface area contributed by atoms with Gasteiger partial charge in [-0.15, -0.1) is 0 Å². The number of ketones is 1. The zero-order valence-corrected chi connectivity index (χ0v) is 20.4. The van der Waals surface area contributed by atoms with Crippen molar-refractivity contribution in [1.29, 1.82) is 0 Å². The van der Waals surface area contributed by atoms with E-state index >= 15 is 0 Å². The quantitative estimate of drug-likeness (QED) is 0.246. The third kappa shape index (κ3) is 7.07. The maximum atomic E-state index is 12.7. The summed E-state index contributed by atoms with van der Waals surface area (Å²) in [4.78, 5) is 36.4. The monoisotopic (exact) mass is 495 g/mol. The number of rotatable bonds is 9. The van der Waals surface area contributed by atoms with Gasteiger partial charge in [-0.1, -0.05) is 23.7 Å². The molecule has 0 radical (unpaired) electrons. The molecule has 35 heavy (non-hydrogen) atoms. The van der Waals surface area contributed by atoms with Gasteiger partial charge in [0.05, 0.1) is 5.56 Å². The summed E-state index contributed by atoms with van der Waals surface area (Å²) < 4.78 is 11.2. The lowest BCUT2D eigenvalue weighted by atomic mass is 10.1. The van der Waals surface area contributed by atoms with Crippen LogP contribution in [0.2, 0.25) is 5.02 Å². The molecule has 0 bridgehead atoms. The second-order valence-corrected chi connectivity index (χ2v) is 8.83. The Hall–Kier alpha value is -3.84. The largest absolute Gasteiger partial charge is 0.507 e. The van der Waals surface area contributed by atoms with E-state index in [1.807, 2.05) is 12.1 Å². The van der Waals surface area contributed by atoms with Crippen molar-refractivity contribution in [2.75, 3.05) is 6.54 Å². The summed E-state index contributed by atoms with van der Waals surface area (Å²) in [6, 6.07) is 17.8. The summed E-state index contributed by atoms with van der Waals surface area (Å²) >= 11 is 5.84. The molecular weight excluding hydrogens is 470 g/mol. The van der Waals surface area contributed by atoms with Crippen LogP contribution in [-0.4, -0.2) is 34.9 Å². The summed E-state index contributed by atoms with van der Waals surface area (Å²) in [6.07, 6.45) is 0.615. The van der Waals surface area contributed by atoms with Gasteiger partial charge in [0.15, 0.2) is 5.78 Å². The van der Waals surface area contributed by atoms with Gasteiger partial charge in [0.2, 0.25) is 5.60 Å². The summed E-state index contributed by atoms with van der Waals surface area (Å²) in [5.41, 5.74) is 0.267. The Bertz CT molecular complexity index is 1220. The van der Waals surface area contributed by atoms with Crippen molar-refractivity contribution in [3.05, 3.63) is 88.4 Å². The standard InChI is InChI=1S/C27H26ClNO6/c1-17(30)23-16-22(12-13-24(23)31)34-26(33)27(2,3)35-21-10-4-18(5-11-21)14-15-29-25(32)19-6-8-20(28)9-7-19/h4-13,16,31H,14-15H2,1-3H3,(H,29,32). The first-order valence-corrected chi connectivity index (χ1v) is 11.3. The zero-order chi connectivity index (χ0) is 25.6. The van der Waals surface area contributed by atoms with Gasteiger partial charge in [0, 0.05) is 17.1 Å². The molecule has 0 aliphatic heterocycles. The first-order valence-electron chi connectivity index (χ1n) is 10.9. The maximum absolute atomic E-state index is 12.7. The van der Waals surface area contributed by atoms with Gasteiger partial charge in [-0.2, -0.15) is 0 Å². The Balaban J connectivity index is 1.53. The predicted octanol–water partition coefficient (Wildman–Crippen LogP) is 4.98. The Morgan fingerprint density at radius 2 is 1.57 bits per heavy atom. The summed E-state index contributed by atoms with van der Waals surface area (Å²) in [7, 11) is 0. The van der Waals surface area contributed by atoms with Crippen LogP contribution in [0.15, 0.2) is 66.7 Å². The Morgan fingerprint density at radius 1 is 0.943 bits per heavy atom. The number of halogens is 1. The molecule has 0 spiro atoms. The van der Waals surface area contributed by atoms with Gasteiger partial charge < -0.3 is 19.9 Å². The zero-order valence-electron chi connectivity index (χ0n) is 19.6. The number of aromatic hydroxyl groups is 1. The van der Waals surface area contributed by atoms with Crippen LogP contribution in [0.5, 0.6) is 17.2 Å². The smallest absolute Gasteiger partial charge is 0.355 e. The van der Waals surface area contributed by atoms with Crippen molar-refractivity contribution in [3.8, 4) is 17.2 Å². The van der Waals surface area contributed by atoms with Gasteiger partial charge in [-0.3, -0.25) is 9.59 Å². The summed E-state index contributed by atoms with van der Waals surface area (Å²) in [5.74, 6) is -0.766. The van der Waals surface area contributed by atoms with E-state index in [9.17, 15) is 19.5 Å². The number of nitrogens with one attached hydrogen (secondary N) is 1. The number of benzene rings is 3. The number of carbonyl (C=O) groups excluding carboxylic acids is 3. The van der Waals surface area contributed by atoms with Gasteiger partial charge >= 0.3 is 5.97 Å². The molecule has 8 heteroatoms. The molecule has 0 atom stereocenters. The SMILES string of the molecule is CC(=O)c1cc(OC(=O)C(C)(C)Oc2ccc(CCNC(=O)c3ccc(Cl)cc3)cc2)ccc1O. The molecule has 0 saturated carbocycles. The van der Waals surface area contributed by atoms with Crippen LogP contribution in [0, 0.1) is 0 Å². The number of phenolic OH excluding ortho intramolecular Hbond substituents is 1. The van der Waals surface area contributed by atoms with Crippen molar-refractivity contribution in [1.82, 2.24) is 5.32 Å². The number of carbonyl (C=O) groups is 3. The molecule has 0 aliphatic carbocycles. The highest BCUT2D eigenvalue weighted by Crippen LogP contribution is 2.26. The molecule has 0 saturated heterocycles. The molecule has 2 N–H and O–H groups in total. The molecule has 182 valence electrons. The Kier molecular flexibility index (Phi) is 8.14. The van der Waals surface area contributed by atoms with Crippen LogP contribution in [0.1, 0.15) is 47.1 Å². The van der Waals surface area contributed by atoms with Gasteiger partial charge in [0.1, 0.15) is 17.2 Å². The van der Waals surface area contributed by atoms with E-state index in [-0.39, 0.29) is 28.8 Å². The minimum Gasteiger partial charge on any atom is -0.507 e. The Morgan fingerprint density at radius 3 is 2.20 bits per heavy atom. The van der Waals surface area contributed by atoms with Crippen molar-refractivity contribution >= 4 is 29.3 Å². The van der Waals surface area contributed by atoms with Crippen LogP contribution in [0.25, 0.3) is 0 Å². The summed E-state index contributed by atoms with van der Waals surface area (Å²) in [5, 5.41) is 13.2. The first-order chi connectivity index (χ1) is 16.5. The van der Waals surface area contributed by atoms with Crippen LogP contribution in [0.4, 0.5) is 0 Å². The van der Waals surface area contributed by atoms with E-state index in [0.717, 1.165) is 5.56 Å². The van der Waals surface area contributed by atoms with E-state index in [0.29, 0.717) is 29.3 Å². The molecule has 0 heterocycles. The number of ether oxygens (including phenoxy) is 2. The number of phenols is 1. The molecule has 0 fully saturated rings. The second kappa shape index (κ2) is 11.1. The number of Topliss-reactive ketones (excluding diaryl/α,β-unsaturated/α-hetero) is 1. The predicted molar refractivity (Wildman–Crippen MR) is 132 cm³/mol. The minimum absolute atomic E-state index is 0.0639. The molecule has 0 unspecified atom stereocenters.